The van der Waals surface area contributed by atoms with Gasteiger partial charge in [-0.1, -0.05) is 35.9 Å². The van der Waals surface area contributed by atoms with Gasteiger partial charge in [-0.05, 0) is 23.9 Å². The second-order valence-corrected chi connectivity index (χ2v) is 5.28. The van der Waals surface area contributed by atoms with Crippen LogP contribution in [0.2, 0.25) is 5.02 Å². The predicted molar refractivity (Wildman–Crippen MR) is 82.9 cm³/mol. The number of hydrogen-bond donors (Lipinski definition) is 2. The molecule has 110 valence electrons. The molecule has 0 fully saturated rings. The third-order valence-corrected chi connectivity index (χ3v) is 3.92. The molecule has 0 aliphatic carbocycles. The second-order valence-electron chi connectivity index (χ2n) is 4.87. The molecular weight excluding hydrogens is 306 g/mol. The lowest BCUT2D eigenvalue weighted by atomic mass is 9.98. The predicted octanol–water partition coefficient (Wildman–Crippen LogP) is 3.75. The van der Waals surface area contributed by atoms with Crippen molar-refractivity contribution >= 4 is 45.2 Å². The van der Waals surface area contributed by atoms with Crippen LogP contribution in [0, 0.1) is 6.92 Å². The van der Waals surface area contributed by atoms with Gasteiger partial charge in [0, 0.05) is 10.8 Å². The zero-order chi connectivity index (χ0) is 16.0. The van der Waals surface area contributed by atoms with Crippen LogP contribution in [0.15, 0.2) is 30.3 Å². The van der Waals surface area contributed by atoms with Crippen molar-refractivity contribution in [3.8, 4) is 0 Å². The van der Waals surface area contributed by atoms with Crippen molar-refractivity contribution in [2.24, 2.45) is 0 Å². The van der Waals surface area contributed by atoms with Crippen LogP contribution >= 0.6 is 11.6 Å². The van der Waals surface area contributed by atoms with Crippen molar-refractivity contribution in [3.05, 3.63) is 52.2 Å². The van der Waals surface area contributed by atoms with Crippen LogP contribution in [0.5, 0.6) is 0 Å². The Hall–Kier alpha value is -2.66. The maximum absolute atomic E-state index is 11.6. The minimum Gasteiger partial charge on any atom is -0.478 e. The number of benzene rings is 2. The van der Waals surface area contributed by atoms with E-state index in [1.165, 1.54) is 6.92 Å². The number of aromatic nitrogens is 1. The smallest absolute Gasteiger partial charge is 0.354 e. The van der Waals surface area contributed by atoms with E-state index in [2.05, 4.69) is 4.98 Å². The molecule has 6 heteroatoms. The van der Waals surface area contributed by atoms with Crippen LogP contribution in [-0.4, -0.2) is 27.1 Å². The molecule has 0 aliphatic rings. The molecule has 2 aromatic carbocycles. The lowest BCUT2D eigenvalue weighted by Gasteiger charge is -2.12. The fourth-order valence-corrected chi connectivity index (χ4v) is 2.91. The summed E-state index contributed by atoms with van der Waals surface area (Å²) in [7, 11) is 0. The van der Waals surface area contributed by atoms with Gasteiger partial charge in [0.25, 0.3) is 0 Å². The van der Waals surface area contributed by atoms with Crippen molar-refractivity contribution in [1.82, 2.24) is 4.98 Å². The third-order valence-electron chi connectivity index (χ3n) is 3.61. The highest BCUT2D eigenvalue weighted by molar-refractivity contribution is 6.38. The molecule has 22 heavy (non-hydrogen) atoms. The first-order chi connectivity index (χ1) is 10.4. The first kappa shape index (κ1) is 14.3. The Morgan fingerprint density at radius 1 is 1.09 bits per heavy atom. The fourth-order valence-electron chi connectivity index (χ4n) is 2.63. The number of pyridine rings is 1. The van der Waals surface area contributed by atoms with E-state index >= 15 is 0 Å². The van der Waals surface area contributed by atoms with E-state index in [1.807, 2.05) is 6.07 Å². The topological polar surface area (TPSA) is 87.5 Å². The van der Waals surface area contributed by atoms with Crippen molar-refractivity contribution in [3.63, 3.8) is 0 Å². The van der Waals surface area contributed by atoms with E-state index < -0.39 is 11.9 Å². The highest BCUT2D eigenvalue weighted by atomic mass is 35.5. The molecule has 0 saturated heterocycles. The highest BCUT2D eigenvalue weighted by Crippen LogP contribution is 2.33. The van der Waals surface area contributed by atoms with E-state index in [0.717, 1.165) is 5.39 Å². The Labute approximate surface area is 129 Å². The average Bonchev–Trinajstić information content (AvgIpc) is 2.45. The molecule has 0 amide bonds. The molecule has 1 heterocycles. The molecule has 2 N–H and O–H groups in total. The summed E-state index contributed by atoms with van der Waals surface area (Å²) in [5, 5.41) is 20.8. The Kier molecular flexibility index (Phi) is 3.22. The lowest BCUT2D eigenvalue weighted by Crippen LogP contribution is -2.11. The maximum Gasteiger partial charge on any atom is 0.354 e. The molecule has 0 spiro atoms. The minimum atomic E-state index is -1.27. The van der Waals surface area contributed by atoms with Gasteiger partial charge in [0.05, 0.1) is 16.1 Å². The van der Waals surface area contributed by atoms with Gasteiger partial charge in [-0.25, -0.2) is 14.6 Å². The second kappa shape index (κ2) is 4.96. The monoisotopic (exact) mass is 315 g/mol. The lowest BCUT2D eigenvalue weighted by molar-refractivity contribution is 0.0690. The van der Waals surface area contributed by atoms with Crippen molar-refractivity contribution < 1.29 is 19.8 Å². The molecule has 5 nitrogen and oxygen atoms in total. The zero-order valence-corrected chi connectivity index (χ0v) is 12.2. The summed E-state index contributed by atoms with van der Waals surface area (Å²) in [5.41, 5.74) is 0.0592. The average molecular weight is 316 g/mol. The first-order valence-electron chi connectivity index (χ1n) is 6.40. The number of carboxylic acids is 2. The molecule has 1 aromatic heterocycles. The number of fused-ring (bicyclic) bond motifs is 3. The summed E-state index contributed by atoms with van der Waals surface area (Å²) in [5.74, 6) is -2.47. The van der Waals surface area contributed by atoms with Crippen LogP contribution in [0.3, 0.4) is 0 Å². The summed E-state index contributed by atoms with van der Waals surface area (Å²) < 4.78 is 0. The summed E-state index contributed by atoms with van der Waals surface area (Å²) >= 11 is 6.20. The molecule has 3 rings (SSSR count). The highest BCUT2D eigenvalue weighted by Gasteiger charge is 2.22. The molecule has 0 bridgehead atoms. The number of carbonyl (C=O) groups is 2. The number of rotatable bonds is 2. The van der Waals surface area contributed by atoms with Crippen LogP contribution in [-0.2, 0) is 0 Å². The third kappa shape index (κ3) is 1.98. The van der Waals surface area contributed by atoms with Gasteiger partial charge >= 0.3 is 11.9 Å². The van der Waals surface area contributed by atoms with Crippen LogP contribution in [0.25, 0.3) is 21.7 Å². The molecule has 0 saturated carbocycles. The van der Waals surface area contributed by atoms with Crippen LogP contribution in [0.1, 0.15) is 26.4 Å². The quantitative estimate of drug-likeness (QED) is 0.703. The van der Waals surface area contributed by atoms with Gasteiger partial charge < -0.3 is 10.2 Å². The normalized spacial score (nSPS) is 11.0. The largest absolute Gasteiger partial charge is 0.478 e. The number of halogens is 1. The zero-order valence-electron chi connectivity index (χ0n) is 11.4. The van der Waals surface area contributed by atoms with Crippen molar-refractivity contribution in [2.75, 3.05) is 0 Å². The number of carboxylic acid groups (broad SMARTS) is 2. The molecule has 0 radical (unpaired) electrons. The van der Waals surface area contributed by atoms with E-state index in [-0.39, 0.29) is 22.3 Å². The van der Waals surface area contributed by atoms with Crippen molar-refractivity contribution in [1.29, 1.82) is 0 Å². The first-order valence-corrected chi connectivity index (χ1v) is 6.77. The number of hydrogen-bond acceptors (Lipinski definition) is 3. The summed E-state index contributed by atoms with van der Waals surface area (Å²) in [6.07, 6.45) is 0. The van der Waals surface area contributed by atoms with E-state index in [0.29, 0.717) is 15.8 Å². The summed E-state index contributed by atoms with van der Waals surface area (Å²) in [6.45, 7) is 1.44. The van der Waals surface area contributed by atoms with Crippen molar-refractivity contribution in [2.45, 2.75) is 6.92 Å². The number of nitrogens with zero attached hydrogens (tertiary/aromatic N) is 1. The summed E-state index contributed by atoms with van der Waals surface area (Å²) in [6, 6.07) is 8.61. The summed E-state index contributed by atoms with van der Waals surface area (Å²) in [4.78, 5) is 27.1. The van der Waals surface area contributed by atoms with E-state index in [1.54, 1.807) is 24.3 Å². The molecule has 0 aliphatic heterocycles. The van der Waals surface area contributed by atoms with Gasteiger partial charge in [0.15, 0.2) is 5.69 Å². The molecule has 0 atom stereocenters. The Bertz CT molecular complexity index is 965. The van der Waals surface area contributed by atoms with Crippen LogP contribution < -0.4 is 0 Å². The molecular formula is C16H10ClNO4. The fraction of sp³-hybridized carbons (Fsp3) is 0.0625. The van der Waals surface area contributed by atoms with Gasteiger partial charge in [-0.15, -0.1) is 0 Å². The van der Waals surface area contributed by atoms with E-state index in [4.69, 9.17) is 11.6 Å². The van der Waals surface area contributed by atoms with Gasteiger partial charge in [0.1, 0.15) is 0 Å². The van der Waals surface area contributed by atoms with Crippen LogP contribution in [0.4, 0.5) is 0 Å². The Balaban J connectivity index is 2.63. The molecule has 0 unspecified atom stereocenters. The van der Waals surface area contributed by atoms with E-state index in [9.17, 15) is 19.8 Å². The molecule has 3 aromatic rings. The Morgan fingerprint density at radius 3 is 2.45 bits per heavy atom. The minimum absolute atomic E-state index is 0.0655. The van der Waals surface area contributed by atoms with Gasteiger partial charge in [-0.3, -0.25) is 0 Å². The van der Waals surface area contributed by atoms with Gasteiger partial charge in [0.2, 0.25) is 0 Å². The number of aromatic carboxylic acids is 2. The maximum atomic E-state index is 11.6. The van der Waals surface area contributed by atoms with Gasteiger partial charge in [-0.2, -0.15) is 0 Å². The SMILES string of the molecule is Cc1c(C(=O)O)nc2c(ccc3cccc(Cl)c32)c1C(=O)O. The standard InChI is InChI=1S/C16H10ClNO4/c1-7-11(15(19)20)9-6-5-8-3-2-4-10(17)12(8)14(9)18-13(7)16(21)22/h2-6H,1H3,(H,19,20)(H,21,22). The Morgan fingerprint density at radius 2 is 1.82 bits per heavy atom.